The number of carbonyl (C=O) groups excluding carboxylic acids is 1. The van der Waals surface area contributed by atoms with Crippen LogP contribution in [0.5, 0.6) is 5.75 Å². The van der Waals surface area contributed by atoms with Crippen molar-refractivity contribution in [1.82, 2.24) is 15.1 Å². The van der Waals surface area contributed by atoms with Crippen molar-refractivity contribution in [1.29, 1.82) is 0 Å². The minimum atomic E-state index is -0.858. The number of amides is 1. The Hall–Kier alpha value is -2.83. The number of aliphatic carboxylic acids is 1. The van der Waals surface area contributed by atoms with Crippen molar-refractivity contribution < 1.29 is 19.4 Å². The molecule has 1 saturated heterocycles. The van der Waals surface area contributed by atoms with E-state index >= 15 is 0 Å². The van der Waals surface area contributed by atoms with Crippen LogP contribution in [0.2, 0.25) is 0 Å². The van der Waals surface area contributed by atoms with Gasteiger partial charge >= 0.3 is 5.97 Å². The number of nitrogens with zero attached hydrogens (tertiary/aromatic N) is 2. The van der Waals surface area contributed by atoms with Gasteiger partial charge in [0, 0.05) is 18.7 Å². The van der Waals surface area contributed by atoms with Gasteiger partial charge in [0.25, 0.3) is 5.91 Å². The van der Waals surface area contributed by atoms with Crippen LogP contribution in [-0.4, -0.2) is 52.3 Å². The van der Waals surface area contributed by atoms with Crippen LogP contribution in [0.25, 0.3) is 11.3 Å². The molecule has 0 radical (unpaired) electrons. The lowest BCUT2D eigenvalue weighted by Gasteiger charge is -2.15. The minimum Gasteiger partial charge on any atom is -0.497 e. The molecule has 1 aromatic carbocycles. The number of hydrogen-bond acceptors (Lipinski definition) is 4. The van der Waals surface area contributed by atoms with Crippen molar-refractivity contribution in [3.63, 3.8) is 0 Å². The van der Waals surface area contributed by atoms with Gasteiger partial charge in [0.15, 0.2) is 0 Å². The van der Waals surface area contributed by atoms with Crippen LogP contribution in [0, 0.1) is 5.92 Å². The number of carbonyl (C=O) groups is 2. The predicted octanol–water partition coefficient (Wildman–Crippen LogP) is 1.63. The number of carboxylic acids is 1. The first-order chi connectivity index (χ1) is 11.1. The number of H-pyrrole nitrogens is 1. The molecule has 1 amide bonds. The zero-order chi connectivity index (χ0) is 16.4. The largest absolute Gasteiger partial charge is 0.497 e. The second-order valence-electron chi connectivity index (χ2n) is 5.46. The lowest BCUT2D eigenvalue weighted by molar-refractivity contribution is -0.141. The van der Waals surface area contributed by atoms with Crippen LogP contribution in [0.3, 0.4) is 0 Å². The van der Waals surface area contributed by atoms with E-state index in [1.807, 2.05) is 12.1 Å². The molecule has 2 N–H and O–H groups in total. The molecule has 7 heteroatoms. The average Bonchev–Trinajstić information content (AvgIpc) is 3.23. The number of hydrogen-bond donors (Lipinski definition) is 2. The Bertz CT molecular complexity index is 723. The SMILES string of the molecule is COc1ccc(-c2[nH]ncc2C(=O)N2CCC(C(=O)O)C2)cc1. The van der Waals surface area contributed by atoms with Crippen molar-refractivity contribution in [2.45, 2.75) is 6.42 Å². The van der Waals surface area contributed by atoms with Gasteiger partial charge in [-0.05, 0) is 30.7 Å². The fourth-order valence-corrected chi connectivity index (χ4v) is 2.74. The van der Waals surface area contributed by atoms with Crippen LogP contribution in [0.1, 0.15) is 16.8 Å². The Labute approximate surface area is 132 Å². The minimum absolute atomic E-state index is 0.201. The highest BCUT2D eigenvalue weighted by Crippen LogP contribution is 2.26. The quantitative estimate of drug-likeness (QED) is 0.894. The molecule has 7 nitrogen and oxygen atoms in total. The standard InChI is InChI=1S/C16H17N3O4/c1-23-12-4-2-10(3-5-12)14-13(8-17-18-14)15(20)19-7-6-11(9-19)16(21)22/h2-5,8,11H,6-7,9H2,1H3,(H,17,18)(H,21,22). The van der Waals surface area contributed by atoms with Crippen LogP contribution in [-0.2, 0) is 4.79 Å². The highest BCUT2D eigenvalue weighted by molar-refractivity contribution is 6.00. The molecule has 0 aliphatic carbocycles. The van der Waals surface area contributed by atoms with E-state index in [0.29, 0.717) is 24.2 Å². The number of carboxylic acid groups (broad SMARTS) is 1. The number of benzene rings is 1. The first-order valence-corrected chi connectivity index (χ1v) is 7.30. The van der Waals surface area contributed by atoms with Crippen molar-refractivity contribution >= 4 is 11.9 Å². The fourth-order valence-electron chi connectivity index (χ4n) is 2.74. The third-order valence-electron chi connectivity index (χ3n) is 4.07. The van der Waals surface area contributed by atoms with Gasteiger partial charge in [0.05, 0.1) is 30.5 Å². The van der Waals surface area contributed by atoms with E-state index in [1.165, 1.54) is 6.20 Å². The summed E-state index contributed by atoms with van der Waals surface area (Å²) in [5.74, 6) is -0.823. The topological polar surface area (TPSA) is 95.5 Å². The molecule has 120 valence electrons. The second-order valence-corrected chi connectivity index (χ2v) is 5.46. The number of aromatic nitrogens is 2. The van der Waals surface area contributed by atoms with Gasteiger partial charge in [0.2, 0.25) is 0 Å². The van der Waals surface area contributed by atoms with E-state index in [1.54, 1.807) is 24.1 Å². The fraction of sp³-hybridized carbons (Fsp3) is 0.312. The first kappa shape index (κ1) is 15.1. The molecular formula is C16H17N3O4. The third kappa shape index (κ3) is 2.90. The Morgan fingerprint density at radius 3 is 2.70 bits per heavy atom. The second kappa shape index (κ2) is 6.12. The monoisotopic (exact) mass is 315 g/mol. The molecule has 2 aromatic rings. The van der Waals surface area contributed by atoms with E-state index in [2.05, 4.69) is 10.2 Å². The van der Waals surface area contributed by atoms with Gasteiger partial charge in [-0.15, -0.1) is 0 Å². The first-order valence-electron chi connectivity index (χ1n) is 7.30. The number of likely N-dealkylation sites (tertiary alicyclic amines) is 1. The van der Waals surface area contributed by atoms with Crippen molar-refractivity contribution in [3.05, 3.63) is 36.0 Å². The molecule has 0 bridgehead atoms. The maximum atomic E-state index is 12.6. The van der Waals surface area contributed by atoms with Gasteiger partial charge in [-0.25, -0.2) is 0 Å². The molecule has 1 fully saturated rings. The van der Waals surface area contributed by atoms with E-state index in [4.69, 9.17) is 9.84 Å². The van der Waals surface area contributed by atoms with Crippen LogP contribution in [0.4, 0.5) is 0 Å². The number of methoxy groups -OCH3 is 1. The summed E-state index contributed by atoms with van der Waals surface area (Å²) in [5.41, 5.74) is 1.89. The number of ether oxygens (including phenoxy) is 1. The number of rotatable bonds is 4. The van der Waals surface area contributed by atoms with Crippen LogP contribution < -0.4 is 4.74 Å². The summed E-state index contributed by atoms with van der Waals surface area (Å²) in [4.78, 5) is 25.2. The van der Waals surface area contributed by atoms with E-state index in [0.717, 1.165) is 11.3 Å². The molecular weight excluding hydrogens is 298 g/mol. The summed E-state index contributed by atoms with van der Waals surface area (Å²) < 4.78 is 5.12. The zero-order valence-electron chi connectivity index (χ0n) is 12.7. The van der Waals surface area contributed by atoms with Crippen LogP contribution in [0.15, 0.2) is 30.5 Å². The highest BCUT2D eigenvalue weighted by atomic mass is 16.5. The molecule has 0 saturated carbocycles. The Balaban J connectivity index is 1.83. The Kier molecular flexibility index (Phi) is 4.01. The lowest BCUT2D eigenvalue weighted by Crippen LogP contribution is -2.30. The number of aromatic amines is 1. The van der Waals surface area contributed by atoms with Gasteiger partial charge in [0.1, 0.15) is 5.75 Å². The average molecular weight is 315 g/mol. The predicted molar refractivity (Wildman–Crippen MR) is 82.2 cm³/mol. The van der Waals surface area contributed by atoms with Crippen molar-refractivity contribution in [2.75, 3.05) is 20.2 Å². The molecule has 1 aromatic heterocycles. The number of nitrogens with one attached hydrogen (secondary N) is 1. The smallest absolute Gasteiger partial charge is 0.308 e. The van der Waals surface area contributed by atoms with E-state index in [9.17, 15) is 9.59 Å². The van der Waals surface area contributed by atoms with Gasteiger partial charge in [-0.2, -0.15) is 5.10 Å². The van der Waals surface area contributed by atoms with Gasteiger partial charge in [-0.3, -0.25) is 14.7 Å². The van der Waals surface area contributed by atoms with Crippen molar-refractivity contribution in [3.8, 4) is 17.0 Å². The normalized spacial score (nSPS) is 17.3. The van der Waals surface area contributed by atoms with Gasteiger partial charge in [-0.1, -0.05) is 0 Å². The molecule has 23 heavy (non-hydrogen) atoms. The molecule has 1 aliphatic heterocycles. The molecule has 0 spiro atoms. The van der Waals surface area contributed by atoms with E-state index < -0.39 is 11.9 Å². The summed E-state index contributed by atoms with van der Waals surface area (Å²) >= 11 is 0. The highest BCUT2D eigenvalue weighted by Gasteiger charge is 2.32. The van der Waals surface area contributed by atoms with Gasteiger partial charge < -0.3 is 14.7 Å². The van der Waals surface area contributed by atoms with Crippen LogP contribution >= 0.6 is 0 Å². The lowest BCUT2D eigenvalue weighted by atomic mass is 10.1. The maximum absolute atomic E-state index is 12.6. The summed E-state index contributed by atoms with van der Waals surface area (Å²) in [7, 11) is 1.59. The zero-order valence-corrected chi connectivity index (χ0v) is 12.7. The molecule has 1 aliphatic rings. The summed E-state index contributed by atoms with van der Waals surface area (Å²) in [6.45, 7) is 0.685. The maximum Gasteiger partial charge on any atom is 0.308 e. The Morgan fingerprint density at radius 2 is 2.09 bits per heavy atom. The molecule has 1 unspecified atom stereocenters. The molecule has 3 rings (SSSR count). The van der Waals surface area contributed by atoms with E-state index in [-0.39, 0.29) is 12.5 Å². The molecule has 2 heterocycles. The van der Waals surface area contributed by atoms with Crippen molar-refractivity contribution in [2.24, 2.45) is 5.92 Å². The summed E-state index contributed by atoms with van der Waals surface area (Å²) in [5, 5.41) is 15.9. The third-order valence-corrected chi connectivity index (χ3v) is 4.07. The Morgan fingerprint density at radius 1 is 1.35 bits per heavy atom. The summed E-state index contributed by atoms with van der Waals surface area (Å²) in [6, 6.07) is 7.29. The summed E-state index contributed by atoms with van der Waals surface area (Å²) in [6.07, 6.45) is 1.97. The molecule has 1 atom stereocenters.